The van der Waals surface area contributed by atoms with Crippen LogP contribution in [0, 0.1) is 17.4 Å². The van der Waals surface area contributed by atoms with Gasteiger partial charge in [0.1, 0.15) is 0 Å². The SMILES string of the molecule is Cc1cccc(NC(=O)CN(C)C(=O)c2ccccc2I)c1C. The molecule has 5 heteroatoms. The number of rotatable bonds is 4. The molecular weight excluding hydrogens is 403 g/mol. The average molecular weight is 422 g/mol. The Bertz CT molecular complexity index is 744. The van der Waals surface area contributed by atoms with E-state index in [-0.39, 0.29) is 18.4 Å². The lowest BCUT2D eigenvalue weighted by Crippen LogP contribution is -2.35. The van der Waals surface area contributed by atoms with Crippen LogP contribution in [0.5, 0.6) is 0 Å². The Morgan fingerprint density at radius 3 is 2.48 bits per heavy atom. The smallest absolute Gasteiger partial charge is 0.255 e. The largest absolute Gasteiger partial charge is 0.332 e. The van der Waals surface area contributed by atoms with E-state index in [0.717, 1.165) is 20.4 Å². The number of benzene rings is 2. The van der Waals surface area contributed by atoms with Gasteiger partial charge in [0.05, 0.1) is 12.1 Å². The van der Waals surface area contributed by atoms with Crippen molar-refractivity contribution in [2.75, 3.05) is 18.9 Å². The van der Waals surface area contributed by atoms with E-state index in [4.69, 9.17) is 0 Å². The van der Waals surface area contributed by atoms with E-state index < -0.39 is 0 Å². The summed E-state index contributed by atoms with van der Waals surface area (Å²) >= 11 is 2.12. The first kappa shape index (κ1) is 17.5. The fourth-order valence-electron chi connectivity index (χ4n) is 2.20. The number of anilines is 1. The van der Waals surface area contributed by atoms with E-state index in [0.29, 0.717) is 5.56 Å². The maximum absolute atomic E-state index is 12.4. The van der Waals surface area contributed by atoms with E-state index in [1.165, 1.54) is 4.90 Å². The van der Waals surface area contributed by atoms with Gasteiger partial charge in [-0.05, 0) is 65.8 Å². The van der Waals surface area contributed by atoms with Crippen molar-refractivity contribution in [3.63, 3.8) is 0 Å². The molecule has 1 N–H and O–H groups in total. The lowest BCUT2D eigenvalue weighted by atomic mass is 10.1. The first-order chi connectivity index (χ1) is 10.9. The number of nitrogens with one attached hydrogen (secondary N) is 1. The molecule has 0 spiro atoms. The topological polar surface area (TPSA) is 49.4 Å². The number of hydrogen-bond acceptors (Lipinski definition) is 2. The first-order valence-corrected chi connectivity index (χ1v) is 8.34. The average Bonchev–Trinajstić information content (AvgIpc) is 2.51. The maximum Gasteiger partial charge on any atom is 0.255 e. The van der Waals surface area contributed by atoms with Gasteiger partial charge in [0.2, 0.25) is 5.91 Å². The van der Waals surface area contributed by atoms with Crippen molar-refractivity contribution in [1.29, 1.82) is 0 Å². The maximum atomic E-state index is 12.4. The summed E-state index contributed by atoms with van der Waals surface area (Å²) in [6.07, 6.45) is 0. The minimum atomic E-state index is -0.208. The van der Waals surface area contributed by atoms with E-state index in [9.17, 15) is 9.59 Å². The Balaban J connectivity index is 2.04. The van der Waals surface area contributed by atoms with Crippen molar-refractivity contribution in [3.05, 3.63) is 62.7 Å². The zero-order valence-electron chi connectivity index (χ0n) is 13.4. The van der Waals surface area contributed by atoms with Crippen LogP contribution >= 0.6 is 22.6 Å². The highest BCUT2D eigenvalue weighted by molar-refractivity contribution is 14.1. The van der Waals surface area contributed by atoms with Gasteiger partial charge in [0.15, 0.2) is 0 Å². The van der Waals surface area contributed by atoms with Gasteiger partial charge in [-0.3, -0.25) is 9.59 Å². The minimum Gasteiger partial charge on any atom is -0.332 e. The first-order valence-electron chi connectivity index (χ1n) is 7.26. The van der Waals surface area contributed by atoms with Crippen LogP contribution in [0.4, 0.5) is 5.69 Å². The minimum absolute atomic E-state index is 0.0111. The summed E-state index contributed by atoms with van der Waals surface area (Å²) < 4.78 is 0.872. The van der Waals surface area contributed by atoms with Crippen molar-refractivity contribution in [2.24, 2.45) is 0 Å². The van der Waals surface area contributed by atoms with Crippen LogP contribution in [0.25, 0.3) is 0 Å². The molecule has 2 rings (SSSR count). The van der Waals surface area contributed by atoms with Crippen molar-refractivity contribution in [2.45, 2.75) is 13.8 Å². The molecule has 0 unspecified atom stereocenters. The third-order valence-electron chi connectivity index (χ3n) is 3.71. The normalized spacial score (nSPS) is 10.3. The summed E-state index contributed by atoms with van der Waals surface area (Å²) in [5.74, 6) is -0.369. The molecule has 0 aliphatic carbocycles. The fourth-order valence-corrected chi connectivity index (χ4v) is 2.82. The van der Waals surface area contributed by atoms with Gasteiger partial charge in [-0.25, -0.2) is 0 Å². The fraction of sp³-hybridized carbons (Fsp3) is 0.222. The third kappa shape index (κ3) is 4.31. The van der Waals surface area contributed by atoms with Crippen molar-refractivity contribution in [3.8, 4) is 0 Å². The zero-order valence-corrected chi connectivity index (χ0v) is 15.5. The number of amides is 2. The Morgan fingerprint density at radius 1 is 1.09 bits per heavy atom. The van der Waals surface area contributed by atoms with Crippen LogP contribution in [0.15, 0.2) is 42.5 Å². The molecule has 0 fully saturated rings. The summed E-state index contributed by atoms with van der Waals surface area (Å²) in [4.78, 5) is 26.0. The standard InChI is InChI=1S/C18H19IN2O2/c1-12-7-6-10-16(13(12)2)20-17(22)11-21(3)18(23)14-8-4-5-9-15(14)19/h4-10H,11H2,1-3H3,(H,20,22). The number of carbonyl (C=O) groups excluding carboxylic acids is 2. The molecule has 2 aromatic rings. The number of likely N-dealkylation sites (N-methyl/N-ethyl adjacent to an activating group) is 1. The third-order valence-corrected chi connectivity index (χ3v) is 4.65. The lowest BCUT2D eigenvalue weighted by molar-refractivity contribution is -0.116. The second-order valence-electron chi connectivity index (χ2n) is 5.44. The second kappa shape index (κ2) is 7.59. The molecule has 0 bridgehead atoms. The quantitative estimate of drug-likeness (QED) is 0.766. The summed E-state index contributed by atoms with van der Waals surface area (Å²) in [6.45, 7) is 3.97. The van der Waals surface area contributed by atoms with Gasteiger partial charge in [-0.2, -0.15) is 0 Å². The van der Waals surface area contributed by atoms with Crippen molar-refractivity contribution in [1.82, 2.24) is 4.90 Å². The van der Waals surface area contributed by atoms with Gasteiger partial charge < -0.3 is 10.2 Å². The molecule has 4 nitrogen and oxygen atoms in total. The van der Waals surface area contributed by atoms with E-state index in [1.807, 2.05) is 50.2 Å². The molecule has 0 aliphatic heterocycles. The van der Waals surface area contributed by atoms with Crippen molar-refractivity contribution >= 4 is 40.1 Å². The predicted molar refractivity (Wildman–Crippen MR) is 101 cm³/mol. The Kier molecular flexibility index (Phi) is 5.76. The lowest BCUT2D eigenvalue weighted by Gasteiger charge is -2.18. The van der Waals surface area contributed by atoms with Crippen LogP contribution in [-0.2, 0) is 4.79 Å². The molecular formula is C18H19IN2O2. The summed E-state index contributed by atoms with van der Waals surface area (Å²) in [5, 5.41) is 2.87. The van der Waals surface area contributed by atoms with Crippen LogP contribution in [-0.4, -0.2) is 30.3 Å². The van der Waals surface area contributed by atoms with Crippen LogP contribution < -0.4 is 5.32 Å². The molecule has 2 amide bonds. The number of hydrogen-bond donors (Lipinski definition) is 1. The van der Waals surface area contributed by atoms with Crippen LogP contribution in [0.1, 0.15) is 21.5 Å². The molecule has 120 valence electrons. The van der Waals surface area contributed by atoms with Gasteiger partial charge >= 0.3 is 0 Å². The number of nitrogens with zero attached hydrogens (tertiary/aromatic N) is 1. The van der Waals surface area contributed by atoms with Gasteiger partial charge in [0.25, 0.3) is 5.91 Å². The highest BCUT2D eigenvalue weighted by Gasteiger charge is 2.17. The summed E-state index contributed by atoms with van der Waals surface area (Å²) in [5.41, 5.74) is 3.54. The molecule has 23 heavy (non-hydrogen) atoms. The van der Waals surface area contributed by atoms with E-state index in [1.54, 1.807) is 13.1 Å². The number of carbonyl (C=O) groups is 2. The Morgan fingerprint density at radius 2 is 1.78 bits per heavy atom. The van der Waals surface area contributed by atoms with Gasteiger partial charge in [-0.1, -0.05) is 24.3 Å². The Hall–Kier alpha value is -1.89. The van der Waals surface area contributed by atoms with Crippen LogP contribution in [0.2, 0.25) is 0 Å². The van der Waals surface area contributed by atoms with Crippen LogP contribution in [0.3, 0.4) is 0 Å². The molecule has 0 heterocycles. The van der Waals surface area contributed by atoms with Crippen molar-refractivity contribution < 1.29 is 9.59 Å². The predicted octanol–water partition coefficient (Wildman–Crippen LogP) is 3.62. The molecule has 2 aromatic carbocycles. The summed E-state index contributed by atoms with van der Waals surface area (Å²) in [6, 6.07) is 13.1. The zero-order chi connectivity index (χ0) is 17.0. The second-order valence-corrected chi connectivity index (χ2v) is 6.60. The highest BCUT2D eigenvalue weighted by Crippen LogP contribution is 2.18. The molecule has 0 aliphatic rings. The molecule has 0 atom stereocenters. The molecule has 0 radical (unpaired) electrons. The molecule has 0 aromatic heterocycles. The Labute approximate surface area is 150 Å². The summed E-state index contributed by atoms with van der Waals surface area (Å²) in [7, 11) is 1.63. The molecule has 0 saturated carbocycles. The number of aryl methyl sites for hydroxylation is 1. The van der Waals surface area contributed by atoms with Gasteiger partial charge in [0, 0.05) is 16.3 Å². The number of halogens is 1. The monoisotopic (exact) mass is 422 g/mol. The van der Waals surface area contributed by atoms with Gasteiger partial charge in [-0.15, -0.1) is 0 Å². The highest BCUT2D eigenvalue weighted by atomic mass is 127. The van der Waals surface area contributed by atoms with E-state index >= 15 is 0 Å². The van der Waals surface area contributed by atoms with E-state index in [2.05, 4.69) is 27.9 Å². The molecule has 0 saturated heterocycles.